The van der Waals surface area contributed by atoms with E-state index in [0.29, 0.717) is 19.6 Å². The maximum atomic E-state index is 12.5. The van der Waals surface area contributed by atoms with Crippen LogP contribution in [-0.2, 0) is 25.8 Å². The van der Waals surface area contributed by atoms with E-state index in [9.17, 15) is 18.0 Å². The Balaban J connectivity index is 1.70. The van der Waals surface area contributed by atoms with E-state index in [0.717, 1.165) is 29.0 Å². The van der Waals surface area contributed by atoms with E-state index in [4.69, 9.17) is 5.11 Å². The molecule has 2 heterocycles. The van der Waals surface area contributed by atoms with Crippen LogP contribution in [0, 0.1) is 0 Å². The molecule has 7 heteroatoms. The molecule has 23 heavy (non-hydrogen) atoms. The number of carboxylic acid groups (broad SMARTS) is 1. The Bertz CT molecular complexity index is 742. The van der Waals surface area contributed by atoms with E-state index < -0.39 is 17.7 Å². The van der Waals surface area contributed by atoms with Crippen molar-refractivity contribution in [3.63, 3.8) is 0 Å². The molecule has 1 aromatic carbocycles. The zero-order valence-corrected chi connectivity index (χ0v) is 12.0. The number of carboxylic acids is 1. The fourth-order valence-electron chi connectivity index (χ4n) is 2.61. The topological polar surface area (TPSA) is 53.4 Å². The van der Waals surface area contributed by atoms with Gasteiger partial charge >= 0.3 is 12.1 Å². The summed E-state index contributed by atoms with van der Waals surface area (Å²) in [6, 6.07) is 6.65. The molecule has 0 saturated heterocycles. The first kappa shape index (κ1) is 15.5. The van der Waals surface area contributed by atoms with E-state index in [1.54, 1.807) is 6.07 Å². The molecule has 0 spiro atoms. The highest BCUT2D eigenvalue weighted by Crippen LogP contribution is 2.30. The number of halogens is 3. The SMILES string of the molecule is O=C(O)c1cnc2c(c1)CN(Cc1ccc(C(F)(F)F)cc1)C2. The minimum atomic E-state index is -4.33. The normalized spacial score (nSPS) is 14.7. The molecular formula is C16H13F3N2O2. The number of hydrogen-bond donors (Lipinski definition) is 1. The Labute approximate surface area is 130 Å². The number of carbonyl (C=O) groups is 1. The van der Waals surface area contributed by atoms with Crippen molar-refractivity contribution in [1.29, 1.82) is 0 Å². The van der Waals surface area contributed by atoms with E-state index in [1.807, 2.05) is 4.90 Å². The number of aromatic nitrogens is 1. The number of rotatable bonds is 3. The molecule has 1 aromatic heterocycles. The lowest BCUT2D eigenvalue weighted by Gasteiger charge is -2.15. The van der Waals surface area contributed by atoms with Crippen molar-refractivity contribution >= 4 is 5.97 Å². The van der Waals surface area contributed by atoms with E-state index in [2.05, 4.69) is 4.98 Å². The Morgan fingerprint density at radius 1 is 1.22 bits per heavy atom. The predicted molar refractivity (Wildman–Crippen MR) is 75.6 cm³/mol. The van der Waals surface area contributed by atoms with Gasteiger partial charge in [0.15, 0.2) is 0 Å². The number of benzene rings is 1. The molecule has 1 aliphatic heterocycles. The van der Waals surface area contributed by atoms with Crippen molar-refractivity contribution < 1.29 is 23.1 Å². The van der Waals surface area contributed by atoms with Crippen LogP contribution in [0.4, 0.5) is 13.2 Å². The summed E-state index contributed by atoms with van der Waals surface area (Å²) >= 11 is 0. The van der Waals surface area contributed by atoms with E-state index in [-0.39, 0.29) is 5.56 Å². The van der Waals surface area contributed by atoms with Gasteiger partial charge in [0, 0.05) is 25.8 Å². The number of fused-ring (bicyclic) bond motifs is 1. The molecule has 1 aliphatic rings. The van der Waals surface area contributed by atoms with Crippen LogP contribution in [-0.4, -0.2) is 21.0 Å². The fraction of sp³-hybridized carbons (Fsp3) is 0.250. The monoisotopic (exact) mass is 322 g/mol. The van der Waals surface area contributed by atoms with Crippen LogP contribution >= 0.6 is 0 Å². The molecule has 0 fully saturated rings. The van der Waals surface area contributed by atoms with Crippen LogP contribution in [0.15, 0.2) is 36.5 Å². The summed E-state index contributed by atoms with van der Waals surface area (Å²) in [6.07, 6.45) is -3.01. The smallest absolute Gasteiger partial charge is 0.416 e. The predicted octanol–water partition coefficient (Wildman–Crippen LogP) is 3.31. The summed E-state index contributed by atoms with van der Waals surface area (Å²) in [6.45, 7) is 1.57. The van der Waals surface area contributed by atoms with Gasteiger partial charge in [0.2, 0.25) is 0 Å². The van der Waals surface area contributed by atoms with Gasteiger partial charge in [-0.25, -0.2) is 4.79 Å². The van der Waals surface area contributed by atoms with Gasteiger partial charge in [-0.2, -0.15) is 13.2 Å². The summed E-state index contributed by atoms with van der Waals surface area (Å²) < 4.78 is 37.6. The van der Waals surface area contributed by atoms with Crippen molar-refractivity contribution in [2.45, 2.75) is 25.8 Å². The second kappa shape index (κ2) is 5.66. The zero-order valence-electron chi connectivity index (χ0n) is 12.0. The highest BCUT2D eigenvalue weighted by molar-refractivity contribution is 5.87. The van der Waals surface area contributed by atoms with Crippen LogP contribution in [0.5, 0.6) is 0 Å². The molecule has 1 N–H and O–H groups in total. The Kier molecular flexibility index (Phi) is 3.81. The van der Waals surface area contributed by atoms with Crippen molar-refractivity contribution in [2.24, 2.45) is 0 Å². The molecule has 0 radical (unpaired) electrons. The summed E-state index contributed by atoms with van der Waals surface area (Å²) in [5, 5.41) is 8.96. The molecule has 0 amide bonds. The molecule has 0 unspecified atom stereocenters. The minimum absolute atomic E-state index is 0.139. The molecule has 0 atom stereocenters. The van der Waals surface area contributed by atoms with Crippen LogP contribution in [0.1, 0.15) is 32.7 Å². The molecule has 3 rings (SSSR count). The number of nitrogens with zero attached hydrogens (tertiary/aromatic N) is 2. The maximum absolute atomic E-state index is 12.5. The Hall–Kier alpha value is -2.41. The van der Waals surface area contributed by atoms with Crippen molar-refractivity contribution in [3.05, 3.63) is 64.5 Å². The third-order valence-electron chi connectivity index (χ3n) is 3.76. The second-order valence-corrected chi connectivity index (χ2v) is 5.47. The lowest BCUT2D eigenvalue weighted by atomic mass is 10.1. The van der Waals surface area contributed by atoms with Gasteiger partial charge in [0.05, 0.1) is 16.8 Å². The third-order valence-corrected chi connectivity index (χ3v) is 3.76. The molecule has 120 valence electrons. The maximum Gasteiger partial charge on any atom is 0.416 e. The van der Waals surface area contributed by atoms with E-state index in [1.165, 1.54) is 18.3 Å². The summed E-state index contributed by atoms with van der Waals surface area (Å²) in [5.74, 6) is -1.03. The van der Waals surface area contributed by atoms with E-state index >= 15 is 0 Å². The van der Waals surface area contributed by atoms with Crippen LogP contribution in [0.3, 0.4) is 0 Å². The van der Waals surface area contributed by atoms with Crippen LogP contribution < -0.4 is 0 Å². The number of aromatic carboxylic acids is 1. The van der Waals surface area contributed by atoms with Gasteiger partial charge in [0.25, 0.3) is 0 Å². The molecule has 0 bridgehead atoms. The molecular weight excluding hydrogens is 309 g/mol. The largest absolute Gasteiger partial charge is 0.478 e. The first-order valence-corrected chi connectivity index (χ1v) is 6.92. The second-order valence-electron chi connectivity index (χ2n) is 5.47. The number of hydrogen-bond acceptors (Lipinski definition) is 3. The molecule has 2 aromatic rings. The third kappa shape index (κ3) is 3.34. The lowest BCUT2D eigenvalue weighted by molar-refractivity contribution is -0.137. The Morgan fingerprint density at radius 3 is 2.52 bits per heavy atom. The van der Waals surface area contributed by atoms with Crippen molar-refractivity contribution in [2.75, 3.05) is 0 Å². The van der Waals surface area contributed by atoms with Crippen LogP contribution in [0.2, 0.25) is 0 Å². The Morgan fingerprint density at radius 2 is 1.91 bits per heavy atom. The van der Waals surface area contributed by atoms with Crippen molar-refractivity contribution in [1.82, 2.24) is 9.88 Å². The number of alkyl halides is 3. The van der Waals surface area contributed by atoms with Crippen molar-refractivity contribution in [3.8, 4) is 0 Å². The highest BCUT2D eigenvalue weighted by atomic mass is 19.4. The van der Waals surface area contributed by atoms with Gasteiger partial charge in [-0.3, -0.25) is 9.88 Å². The summed E-state index contributed by atoms with van der Waals surface area (Å²) in [7, 11) is 0. The molecule has 4 nitrogen and oxygen atoms in total. The number of pyridine rings is 1. The quantitative estimate of drug-likeness (QED) is 0.942. The van der Waals surface area contributed by atoms with Gasteiger partial charge in [0.1, 0.15) is 0 Å². The van der Waals surface area contributed by atoms with Gasteiger partial charge in [-0.15, -0.1) is 0 Å². The molecule has 0 aliphatic carbocycles. The zero-order chi connectivity index (χ0) is 16.6. The summed E-state index contributed by atoms with van der Waals surface area (Å²) in [4.78, 5) is 17.1. The van der Waals surface area contributed by atoms with Gasteiger partial charge < -0.3 is 5.11 Å². The fourth-order valence-corrected chi connectivity index (χ4v) is 2.61. The standard InChI is InChI=1S/C16H13F3N2O2/c17-16(18,19)13-3-1-10(2-4-13)7-21-8-12-5-11(15(22)23)6-20-14(12)9-21/h1-6H,7-9H2,(H,22,23). The molecule has 0 saturated carbocycles. The lowest BCUT2D eigenvalue weighted by Crippen LogP contribution is -2.16. The first-order valence-electron chi connectivity index (χ1n) is 6.92. The van der Waals surface area contributed by atoms with Gasteiger partial charge in [-0.1, -0.05) is 12.1 Å². The van der Waals surface area contributed by atoms with Gasteiger partial charge in [-0.05, 0) is 29.3 Å². The summed E-state index contributed by atoms with van der Waals surface area (Å²) in [5.41, 5.74) is 1.89. The minimum Gasteiger partial charge on any atom is -0.478 e. The average molecular weight is 322 g/mol. The average Bonchev–Trinajstić information content (AvgIpc) is 2.87. The van der Waals surface area contributed by atoms with Crippen LogP contribution in [0.25, 0.3) is 0 Å². The highest BCUT2D eigenvalue weighted by Gasteiger charge is 2.30. The first-order chi connectivity index (χ1) is 10.8.